The van der Waals surface area contributed by atoms with E-state index in [1.165, 1.54) is 0 Å². The normalized spacial score (nSPS) is 9.30. The second kappa shape index (κ2) is 3.32. The second-order valence-electron chi connectivity index (χ2n) is 1.79. The second-order valence-corrected chi connectivity index (χ2v) is 2.06. The first-order chi connectivity index (χ1) is 4.88. The maximum atomic E-state index is 10.3. The van der Waals surface area contributed by atoms with Crippen molar-refractivity contribution in [3.63, 3.8) is 0 Å². The van der Waals surface area contributed by atoms with E-state index in [9.17, 15) is 4.79 Å². The lowest BCUT2D eigenvalue weighted by atomic mass is 10.2. The van der Waals surface area contributed by atoms with Crippen molar-refractivity contribution in [3.8, 4) is 0 Å². The van der Waals surface area contributed by atoms with E-state index in [1.54, 1.807) is 18.3 Å². The number of carbonyl (C=O) groups excluding carboxylic acids is 1. The van der Waals surface area contributed by atoms with Crippen LogP contribution in [0.1, 0.15) is 16.1 Å². The van der Waals surface area contributed by atoms with Gasteiger partial charge in [-0.3, -0.25) is 9.78 Å². The van der Waals surface area contributed by atoms with Gasteiger partial charge in [0.1, 0.15) is 0 Å². The minimum absolute atomic E-state index is 0.287. The molecule has 0 spiro atoms. The summed E-state index contributed by atoms with van der Waals surface area (Å²) >= 11 is 5.49. The molecule has 0 saturated carbocycles. The topological polar surface area (TPSA) is 30.0 Å². The molecule has 0 amide bonds. The molecule has 1 heterocycles. The lowest BCUT2D eigenvalue weighted by molar-refractivity contribution is 0.112. The van der Waals surface area contributed by atoms with Crippen LogP contribution < -0.4 is 0 Å². The Morgan fingerprint density at radius 2 is 2.50 bits per heavy atom. The first-order valence-corrected chi connectivity index (χ1v) is 3.37. The molecule has 0 aliphatic heterocycles. The van der Waals surface area contributed by atoms with Gasteiger partial charge < -0.3 is 0 Å². The molecule has 1 aromatic heterocycles. The molecule has 0 aromatic carbocycles. The SMILES string of the molecule is O=Cc1cccnc1CCl. The van der Waals surface area contributed by atoms with Gasteiger partial charge >= 0.3 is 0 Å². The van der Waals surface area contributed by atoms with Crippen LogP contribution in [0.4, 0.5) is 0 Å². The molecule has 0 fully saturated rings. The minimum atomic E-state index is 0.287. The highest BCUT2D eigenvalue weighted by Crippen LogP contribution is 2.04. The maximum absolute atomic E-state index is 10.3. The molecule has 0 aliphatic carbocycles. The third-order valence-corrected chi connectivity index (χ3v) is 1.43. The van der Waals surface area contributed by atoms with Crippen LogP contribution in [0.25, 0.3) is 0 Å². The summed E-state index contributed by atoms with van der Waals surface area (Å²) in [5.41, 5.74) is 1.21. The molecule has 0 atom stereocenters. The van der Waals surface area contributed by atoms with Gasteiger partial charge in [-0.1, -0.05) is 0 Å². The zero-order chi connectivity index (χ0) is 7.40. The third-order valence-electron chi connectivity index (χ3n) is 1.18. The van der Waals surface area contributed by atoms with Crippen LogP contribution in [-0.2, 0) is 5.88 Å². The van der Waals surface area contributed by atoms with Crippen molar-refractivity contribution < 1.29 is 4.79 Å². The van der Waals surface area contributed by atoms with Crippen molar-refractivity contribution in [1.82, 2.24) is 4.98 Å². The van der Waals surface area contributed by atoms with Gasteiger partial charge in [0.05, 0.1) is 11.6 Å². The van der Waals surface area contributed by atoms with Crippen LogP contribution in [0.3, 0.4) is 0 Å². The highest BCUT2D eigenvalue weighted by atomic mass is 35.5. The van der Waals surface area contributed by atoms with Gasteiger partial charge in [-0.15, -0.1) is 11.6 Å². The fourth-order valence-corrected chi connectivity index (χ4v) is 0.893. The molecular weight excluding hydrogens is 150 g/mol. The molecule has 1 rings (SSSR count). The number of halogens is 1. The predicted molar refractivity (Wildman–Crippen MR) is 39.2 cm³/mol. The number of pyridine rings is 1. The van der Waals surface area contributed by atoms with Gasteiger partial charge in [0, 0.05) is 11.8 Å². The number of hydrogen-bond acceptors (Lipinski definition) is 2. The average molecular weight is 156 g/mol. The average Bonchev–Trinajstić information content (AvgIpc) is 2.04. The molecular formula is C7H6ClNO. The van der Waals surface area contributed by atoms with E-state index in [2.05, 4.69) is 4.98 Å². The Kier molecular flexibility index (Phi) is 2.40. The van der Waals surface area contributed by atoms with E-state index < -0.39 is 0 Å². The summed E-state index contributed by atoms with van der Waals surface area (Å²) in [7, 11) is 0. The van der Waals surface area contributed by atoms with Crippen LogP contribution >= 0.6 is 11.6 Å². The van der Waals surface area contributed by atoms with Crippen molar-refractivity contribution in [2.75, 3.05) is 0 Å². The van der Waals surface area contributed by atoms with E-state index in [0.29, 0.717) is 11.3 Å². The van der Waals surface area contributed by atoms with Crippen LogP contribution in [-0.4, -0.2) is 11.3 Å². The van der Waals surface area contributed by atoms with Gasteiger partial charge in [0.15, 0.2) is 6.29 Å². The maximum Gasteiger partial charge on any atom is 0.151 e. The number of rotatable bonds is 2. The molecule has 0 radical (unpaired) electrons. The van der Waals surface area contributed by atoms with Crippen molar-refractivity contribution in [1.29, 1.82) is 0 Å². The fourth-order valence-electron chi connectivity index (χ4n) is 0.669. The molecule has 3 heteroatoms. The van der Waals surface area contributed by atoms with Crippen molar-refractivity contribution >= 4 is 17.9 Å². The summed E-state index contributed by atoms with van der Waals surface area (Å²) in [5.74, 6) is 0.287. The van der Waals surface area contributed by atoms with E-state index >= 15 is 0 Å². The van der Waals surface area contributed by atoms with Gasteiger partial charge in [0.2, 0.25) is 0 Å². The smallest absolute Gasteiger partial charge is 0.151 e. The monoisotopic (exact) mass is 155 g/mol. The molecule has 0 unspecified atom stereocenters. The summed E-state index contributed by atoms with van der Waals surface area (Å²) in [4.78, 5) is 14.2. The lowest BCUT2D eigenvalue weighted by Gasteiger charge is -1.95. The van der Waals surface area contributed by atoms with E-state index in [0.717, 1.165) is 6.29 Å². The van der Waals surface area contributed by atoms with Crippen molar-refractivity contribution in [3.05, 3.63) is 29.6 Å². The summed E-state index contributed by atoms with van der Waals surface area (Å²) in [6, 6.07) is 3.40. The first kappa shape index (κ1) is 7.22. The Morgan fingerprint density at radius 1 is 1.70 bits per heavy atom. The summed E-state index contributed by atoms with van der Waals surface area (Å²) < 4.78 is 0. The number of nitrogens with zero attached hydrogens (tertiary/aromatic N) is 1. The Balaban J connectivity index is 3.08. The number of aromatic nitrogens is 1. The molecule has 1 aromatic rings. The standard InChI is InChI=1S/C7H6ClNO/c8-4-7-6(5-10)2-1-3-9-7/h1-3,5H,4H2. The Bertz CT molecular complexity index is 237. The van der Waals surface area contributed by atoms with Crippen LogP contribution in [0, 0.1) is 0 Å². The third kappa shape index (κ3) is 1.33. The number of hydrogen-bond donors (Lipinski definition) is 0. The number of aldehydes is 1. The molecule has 0 N–H and O–H groups in total. The summed E-state index contributed by atoms with van der Waals surface area (Å²) in [6.45, 7) is 0. The minimum Gasteiger partial charge on any atom is -0.298 e. The molecule has 10 heavy (non-hydrogen) atoms. The Morgan fingerprint density at radius 3 is 3.00 bits per heavy atom. The fraction of sp³-hybridized carbons (Fsp3) is 0.143. The van der Waals surface area contributed by atoms with Gasteiger partial charge in [-0.2, -0.15) is 0 Å². The van der Waals surface area contributed by atoms with E-state index in [-0.39, 0.29) is 5.88 Å². The van der Waals surface area contributed by atoms with E-state index in [1.807, 2.05) is 0 Å². The molecule has 2 nitrogen and oxygen atoms in total. The lowest BCUT2D eigenvalue weighted by Crippen LogP contribution is -1.91. The van der Waals surface area contributed by atoms with Gasteiger partial charge in [0.25, 0.3) is 0 Å². The first-order valence-electron chi connectivity index (χ1n) is 2.83. The molecule has 52 valence electrons. The van der Waals surface area contributed by atoms with Crippen molar-refractivity contribution in [2.24, 2.45) is 0 Å². The zero-order valence-corrected chi connectivity index (χ0v) is 6.01. The summed E-state index contributed by atoms with van der Waals surface area (Å²) in [5, 5.41) is 0. The van der Waals surface area contributed by atoms with Crippen molar-refractivity contribution in [2.45, 2.75) is 5.88 Å². The number of carbonyl (C=O) groups is 1. The van der Waals surface area contributed by atoms with Gasteiger partial charge in [-0.05, 0) is 12.1 Å². The highest BCUT2D eigenvalue weighted by Gasteiger charge is 1.97. The Hall–Kier alpha value is -0.890. The molecule has 0 saturated heterocycles. The van der Waals surface area contributed by atoms with Crippen LogP contribution in [0.5, 0.6) is 0 Å². The molecule has 0 aliphatic rings. The quantitative estimate of drug-likeness (QED) is 0.480. The van der Waals surface area contributed by atoms with Crippen LogP contribution in [0.15, 0.2) is 18.3 Å². The largest absolute Gasteiger partial charge is 0.298 e. The molecule has 0 bridgehead atoms. The van der Waals surface area contributed by atoms with Gasteiger partial charge in [-0.25, -0.2) is 0 Å². The van der Waals surface area contributed by atoms with Crippen LogP contribution in [0.2, 0.25) is 0 Å². The highest BCUT2D eigenvalue weighted by molar-refractivity contribution is 6.17. The Labute approximate surface area is 63.8 Å². The summed E-state index contributed by atoms with van der Waals surface area (Å²) in [6.07, 6.45) is 2.37. The zero-order valence-electron chi connectivity index (χ0n) is 5.25. The number of alkyl halides is 1. The predicted octanol–water partition coefficient (Wildman–Crippen LogP) is 1.63. The van der Waals surface area contributed by atoms with E-state index in [4.69, 9.17) is 11.6 Å².